The molecule has 4 rings (SSSR count). The second kappa shape index (κ2) is 12.4. The maximum atomic E-state index is 13.3. The molecule has 0 atom stereocenters. The zero-order valence-electron chi connectivity index (χ0n) is 21.0. The fourth-order valence-corrected chi connectivity index (χ4v) is 4.00. The number of amides is 2. The lowest BCUT2D eigenvalue weighted by Crippen LogP contribution is -2.35. The van der Waals surface area contributed by atoms with Gasteiger partial charge in [0, 0.05) is 18.7 Å². The number of rotatable bonds is 10. The molecule has 37 heavy (non-hydrogen) atoms. The van der Waals surface area contributed by atoms with E-state index in [9.17, 15) is 9.59 Å². The lowest BCUT2D eigenvalue weighted by molar-refractivity contribution is 0.0527. The van der Waals surface area contributed by atoms with E-state index in [2.05, 4.69) is 32.9 Å². The second-order valence-corrected chi connectivity index (χ2v) is 8.46. The first kappa shape index (κ1) is 25.6. The number of anilines is 1. The average Bonchev–Trinajstić information content (AvgIpc) is 3.47. The zero-order chi connectivity index (χ0) is 26.0. The van der Waals surface area contributed by atoms with Crippen LogP contribution in [-0.4, -0.2) is 50.7 Å². The molecule has 2 N–H and O–H groups in total. The van der Waals surface area contributed by atoms with Gasteiger partial charge in [-0.15, -0.1) is 5.10 Å². The molecule has 0 aliphatic carbocycles. The van der Waals surface area contributed by atoms with Crippen LogP contribution in [0.25, 0.3) is 22.5 Å². The van der Waals surface area contributed by atoms with Crippen LogP contribution in [-0.2, 0) is 11.3 Å². The van der Waals surface area contributed by atoms with Gasteiger partial charge in [0.25, 0.3) is 0 Å². The number of hydrogen-bond donors (Lipinski definition) is 2. The number of nitrogens with zero attached hydrogens (tertiary/aromatic N) is 4. The molecule has 0 bridgehead atoms. The van der Waals surface area contributed by atoms with E-state index in [1.54, 1.807) is 36.1 Å². The molecule has 1 heterocycles. The Morgan fingerprint density at radius 3 is 2.38 bits per heavy atom. The molecule has 9 heteroatoms. The van der Waals surface area contributed by atoms with E-state index in [0.717, 1.165) is 35.1 Å². The minimum Gasteiger partial charge on any atom is -0.462 e. The van der Waals surface area contributed by atoms with E-state index < -0.39 is 5.97 Å². The molecule has 0 fully saturated rings. The van der Waals surface area contributed by atoms with Gasteiger partial charge in [-0.25, -0.2) is 14.7 Å². The third-order valence-electron chi connectivity index (χ3n) is 5.90. The van der Waals surface area contributed by atoms with Crippen molar-refractivity contribution in [2.75, 3.05) is 18.5 Å². The van der Waals surface area contributed by atoms with Crippen molar-refractivity contribution in [3.8, 4) is 22.5 Å². The Hall–Kier alpha value is -4.53. The number of esters is 1. The van der Waals surface area contributed by atoms with E-state index in [1.807, 2.05) is 48.5 Å². The van der Waals surface area contributed by atoms with E-state index >= 15 is 0 Å². The summed E-state index contributed by atoms with van der Waals surface area (Å²) in [6.45, 7) is 5.12. The molecule has 0 saturated carbocycles. The number of benzene rings is 3. The summed E-state index contributed by atoms with van der Waals surface area (Å²) in [5, 5.41) is 17.1. The summed E-state index contributed by atoms with van der Waals surface area (Å²) in [5.41, 5.74) is 4.68. The monoisotopic (exact) mass is 498 g/mol. The predicted molar refractivity (Wildman–Crippen MR) is 142 cm³/mol. The van der Waals surface area contributed by atoms with Gasteiger partial charge < -0.3 is 15.0 Å². The topological polar surface area (TPSA) is 113 Å². The number of aromatic nitrogens is 4. The maximum Gasteiger partial charge on any atom is 0.340 e. The van der Waals surface area contributed by atoms with E-state index in [-0.39, 0.29) is 12.6 Å². The Morgan fingerprint density at radius 1 is 0.946 bits per heavy atom. The molecule has 2 amide bonds. The second-order valence-electron chi connectivity index (χ2n) is 8.46. The first-order valence-corrected chi connectivity index (χ1v) is 12.3. The van der Waals surface area contributed by atoms with Crippen LogP contribution in [0.1, 0.15) is 42.6 Å². The fraction of sp³-hybridized carbons (Fsp3) is 0.250. The number of hydrogen-bond acceptors (Lipinski definition) is 6. The Balaban J connectivity index is 1.52. The van der Waals surface area contributed by atoms with Crippen molar-refractivity contribution in [3.63, 3.8) is 0 Å². The van der Waals surface area contributed by atoms with E-state index in [1.165, 1.54) is 0 Å². The van der Waals surface area contributed by atoms with E-state index in [4.69, 9.17) is 4.74 Å². The average molecular weight is 499 g/mol. The molecule has 0 radical (unpaired) electrons. The number of tetrazole rings is 1. The molecule has 4 aromatic rings. The van der Waals surface area contributed by atoms with Crippen LogP contribution in [0.5, 0.6) is 0 Å². The molecule has 190 valence electrons. The number of urea groups is 1. The highest BCUT2D eigenvalue weighted by atomic mass is 16.5. The van der Waals surface area contributed by atoms with Gasteiger partial charge in [-0.2, -0.15) is 0 Å². The van der Waals surface area contributed by atoms with Gasteiger partial charge in [-0.3, -0.25) is 0 Å². The van der Waals surface area contributed by atoms with Crippen molar-refractivity contribution in [1.82, 2.24) is 25.5 Å². The van der Waals surface area contributed by atoms with Crippen molar-refractivity contribution in [2.45, 2.75) is 33.2 Å². The summed E-state index contributed by atoms with van der Waals surface area (Å²) in [6.07, 6.45) is 1.82. The van der Waals surface area contributed by atoms with Crippen molar-refractivity contribution in [3.05, 3.63) is 83.9 Å². The molecule has 1 aromatic heterocycles. The highest BCUT2D eigenvalue weighted by molar-refractivity contribution is 6.00. The standard InChI is InChI=1S/C28H30N6O3/c1-3-5-18-34(28(36)29-25-13-9-8-12-24(25)27(35)37-4-2)19-20-14-16-21(17-15-20)22-10-6-7-11-23(22)26-30-32-33-31-26/h6-17H,3-5,18-19H2,1-2H3,(H,29,36)(H,30,31,32,33). The molecular weight excluding hydrogens is 468 g/mol. The summed E-state index contributed by atoms with van der Waals surface area (Å²) >= 11 is 0. The summed E-state index contributed by atoms with van der Waals surface area (Å²) in [4.78, 5) is 27.3. The molecular formula is C28H30N6O3. The van der Waals surface area contributed by atoms with Crippen LogP contribution in [0, 0.1) is 0 Å². The third kappa shape index (κ3) is 6.38. The van der Waals surface area contributed by atoms with Gasteiger partial charge in [-0.05, 0) is 52.6 Å². The van der Waals surface area contributed by atoms with Crippen LogP contribution < -0.4 is 5.32 Å². The molecule has 0 spiro atoms. The van der Waals surface area contributed by atoms with Gasteiger partial charge in [0.2, 0.25) is 0 Å². The SMILES string of the molecule is CCCCN(Cc1ccc(-c2ccccc2-c2nnn[nH]2)cc1)C(=O)Nc1ccccc1C(=O)OCC. The first-order chi connectivity index (χ1) is 18.1. The number of unbranched alkanes of at least 4 members (excludes halogenated alkanes) is 1. The van der Waals surface area contributed by atoms with Gasteiger partial charge >= 0.3 is 12.0 Å². The number of nitrogens with one attached hydrogen (secondary N) is 2. The van der Waals surface area contributed by atoms with Gasteiger partial charge in [-0.1, -0.05) is 74.0 Å². The molecule has 0 aliphatic rings. The molecule has 0 aliphatic heterocycles. The maximum absolute atomic E-state index is 13.3. The van der Waals surface area contributed by atoms with Crippen LogP contribution in [0.3, 0.4) is 0 Å². The Labute approximate surface area is 215 Å². The summed E-state index contributed by atoms with van der Waals surface area (Å²) in [6, 6.07) is 22.6. The van der Waals surface area contributed by atoms with Crippen molar-refractivity contribution < 1.29 is 14.3 Å². The number of H-pyrrole nitrogens is 1. The normalized spacial score (nSPS) is 10.6. The summed E-state index contributed by atoms with van der Waals surface area (Å²) in [7, 11) is 0. The van der Waals surface area contributed by atoms with Crippen LogP contribution in [0.2, 0.25) is 0 Å². The lowest BCUT2D eigenvalue weighted by atomic mass is 9.98. The smallest absolute Gasteiger partial charge is 0.340 e. The van der Waals surface area contributed by atoms with Crippen LogP contribution >= 0.6 is 0 Å². The third-order valence-corrected chi connectivity index (χ3v) is 5.90. The molecule has 9 nitrogen and oxygen atoms in total. The summed E-state index contributed by atoms with van der Waals surface area (Å²) < 4.78 is 5.13. The quantitative estimate of drug-likeness (QED) is 0.277. The number of carbonyl (C=O) groups excluding carboxylic acids is 2. The number of ether oxygens (including phenoxy) is 1. The number of aromatic amines is 1. The molecule has 0 unspecified atom stereocenters. The van der Waals surface area contributed by atoms with Crippen molar-refractivity contribution >= 4 is 17.7 Å². The van der Waals surface area contributed by atoms with Crippen molar-refractivity contribution in [2.24, 2.45) is 0 Å². The molecule has 0 saturated heterocycles. The van der Waals surface area contributed by atoms with Gasteiger partial charge in [0.15, 0.2) is 5.82 Å². The predicted octanol–water partition coefficient (Wildman–Crippen LogP) is 5.54. The lowest BCUT2D eigenvalue weighted by Gasteiger charge is -2.24. The summed E-state index contributed by atoms with van der Waals surface area (Å²) in [5.74, 6) is 0.140. The zero-order valence-corrected chi connectivity index (χ0v) is 21.0. The Morgan fingerprint density at radius 2 is 1.68 bits per heavy atom. The Bertz CT molecular complexity index is 1320. The minimum absolute atomic E-state index is 0.263. The highest BCUT2D eigenvalue weighted by Crippen LogP contribution is 2.30. The van der Waals surface area contributed by atoms with Gasteiger partial charge in [0.1, 0.15) is 0 Å². The van der Waals surface area contributed by atoms with Gasteiger partial charge in [0.05, 0.1) is 17.9 Å². The highest BCUT2D eigenvalue weighted by Gasteiger charge is 2.18. The minimum atomic E-state index is -0.463. The first-order valence-electron chi connectivity index (χ1n) is 12.3. The van der Waals surface area contributed by atoms with E-state index in [0.29, 0.717) is 30.2 Å². The Kier molecular flexibility index (Phi) is 8.59. The number of carbonyl (C=O) groups is 2. The largest absolute Gasteiger partial charge is 0.462 e. The fourth-order valence-electron chi connectivity index (χ4n) is 4.00. The van der Waals surface area contributed by atoms with Crippen molar-refractivity contribution in [1.29, 1.82) is 0 Å². The van der Waals surface area contributed by atoms with Crippen LogP contribution in [0.15, 0.2) is 72.8 Å². The van der Waals surface area contributed by atoms with Crippen LogP contribution in [0.4, 0.5) is 10.5 Å². The molecule has 3 aromatic carbocycles. The number of para-hydroxylation sites is 1.